The minimum atomic E-state index is -0.542. The molecule has 0 aliphatic heterocycles. The molecule has 0 bridgehead atoms. The van der Waals surface area contributed by atoms with E-state index in [4.69, 9.17) is 4.74 Å². The van der Waals surface area contributed by atoms with E-state index in [-0.39, 0.29) is 5.75 Å². The topological polar surface area (TPSA) is 72.6 Å². The zero-order chi connectivity index (χ0) is 12.1. The molecule has 0 fully saturated rings. The lowest BCUT2D eigenvalue weighted by Gasteiger charge is -2.08. The van der Waals surface area contributed by atoms with Crippen LogP contribution in [0.15, 0.2) is 18.3 Å². The summed E-state index contributed by atoms with van der Waals surface area (Å²) in [5.41, 5.74) is 0.613. The third kappa shape index (κ3) is 3.37. The number of phenolic OH excluding ortho intramolecular Hbond substituents is 1. The molecule has 16 heavy (non-hydrogen) atoms. The first-order valence-electron chi connectivity index (χ1n) is 4.51. The number of benzene rings is 1. The minimum Gasteiger partial charge on any atom is -0.504 e. The van der Waals surface area contributed by atoms with Gasteiger partial charge < -0.3 is 9.84 Å². The average molecular weight is 335 g/mol. The van der Waals surface area contributed by atoms with Crippen LogP contribution in [0.25, 0.3) is 6.08 Å². The molecule has 0 saturated carbocycles. The fourth-order valence-electron chi connectivity index (χ4n) is 1.10. The summed E-state index contributed by atoms with van der Waals surface area (Å²) in [7, 11) is 0. The Balaban J connectivity index is 3.08. The molecule has 1 aromatic carbocycles. The van der Waals surface area contributed by atoms with Gasteiger partial charge in [-0.2, -0.15) is 0 Å². The van der Waals surface area contributed by atoms with Gasteiger partial charge in [0.15, 0.2) is 11.5 Å². The molecular weight excluding hydrogens is 325 g/mol. The number of hydrogen-bond donors (Lipinski definition) is 1. The molecule has 1 rings (SSSR count). The molecule has 0 aliphatic carbocycles. The van der Waals surface area contributed by atoms with Crippen molar-refractivity contribution in [1.29, 1.82) is 0 Å². The molecule has 86 valence electrons. The second-order valence-corrected chi connectivity index (χ2v) is 4.05. The molecule has 0 spiro atoms. The molecule has 1 N–H and O–H groups in total. The van der Waals surface area contributed by atoms with Crippen LogP contribution in [-0.4, -0.2) is 16.6 Å². The third-order valence-electron chi connectivity index (χ3n) is 1.74. The summed E-state index contributed by atoms with van der Waals surface area (Å²) in [6.07, 6.45) is 2.20. The van der Waals surface area contributed by atoms with Gasteiger partial charge in [0.1, 0.15) is 0 Å². The summed E-state index contributed by atoms with van der Waals surface area (Å²) >= 11 is 1.94. The Morgan fingerprint density at radius 1 is 1.62 bits per heavy atom. The summed E-state index contributed by atoms with van der Waals surface area (Å²) in [6.45, 7) is 2.22. The monoisotopic (exact) mass is 335 g/mol. The Morgan fingerprint density at radius 3 is 2.88 bits per heavy atom. The van der Waals surface area contributed by atoms with Crippen LogP contribution in [0.2, 0.25) is 0 Å². The summed E-state index contributed by atoms with van der Waals surface area (Å²) in [5.74, 6) is 0.387. The van der Waals surface area contributed by atoms with E-state index in [1.807, 2.05) is 22.6 Å². The van der Waals surface area contributed by atoms with Crippen LogP contribution in [0.1, 0.15) is 12.5 Å². The number of ether oxygens (including phenoxy) is 1. The number of aromatic hydroxyl groups is 1. The van der Waals surface area contributed by atoms with Crippen LogP contribution in [-0.2, 0) is 0 Å². The number of phenols is 1. The highest BCUT2D eigenvalue weighted by molar-refractivity contribution is 14.1. The average Bonchev–Trinajstić information content (AvgIpc) is 2.22. The lowest BCUT2D eigenvalue weighted by Crippen LogP contribution is -1.94. The smallest absolute Gasteiger partial charge is 0.235 e. The second-order valence-electron chi connectivity index (χ2n) is 2.88. The first-order valence-corrected chi connectivity index (χ1v) is 5.59. The molecule has 1 aromatic rings. The summed E-state index contributed by atoms with van der Waals surface area (Å²) in [4.78, 5) is 9.63. The van der Waals surface area contributed by atoms with Crippen molar-refractivity contribution in [3.63, 3.8) is 0 Å². The SMILES string of the molecule is CCOc1cc(/C=C/[N+](=O)[O-])cc(I)c1O. The quantitative estimate of drug-likeness (QED) is 0.522. The van der Waals surface area contributed by atoms with E-state index < -0.39 is 4.92 Å². The molecular formula is C10H10INO4. The largest absolute Gasteiger partial charge is 0.504 e. The molecule has 0 amide bonds. The zero-order valence-electron chi connectivity index (χ0n) is 8.51. The van der Waals surface area contributed by atoms with E-state index in [2.05, 4.69) is 0 Å². The number of halogens is 1. The first-order chi connectivity index (χ1) is 7.54. The van der Waals surface area contributed by atoms with E-state index in [1.54, 1.807) is 19.1 Å². The van der Waals surface area contributed by atoms with Crippen LogP contribution in [0.3, 0.4) is 0 Å². The predicted octanol–water partition coefficient (Wildman–Crippen LogP) is 2.64. The van der Waals surface area contributed by atoms with E-state index in [9.17, 15) is 15.2 Å². The number of hydrogen-bond acceptors (Lipinski definition) is 4. The van der Waals surface area contributed by atoms with Gasteiger partial charge >= 0.3 is 0 Å². The molecule has 0 aromatic heterocycles. The van der Waals surface area contributed by atoms with Gasteiger partial charge in [0.25, 0.3) is 0 Å². The molecule has 5 nitrogen and oxygen atoms in total. The van der Waals surface area contributed by atoms with E-state index in [1.165, 1.54) is 6.08 Å². The standard InChI is InChI=1S/C10H10INO4/c1-2-16-9-6-7(3-4-12(14)15)5-8(11)10(9)13/h3-6,13H,2H2,1H3/b4-3+. The maximum absolute atomic E-state index is 10.2. The molecule has 0 heterocycles. The van der Waals surface area contributed by atoms with Gasteiger partial charge in [0.05, 0.1) is 15.1 Å². The lowest BCUT2D eigenvalue weighted by atomic mass is 10.2. The van der Waals surface area contributed by atoms with Crippen molar-refractivity contribution >= 4 is 28.7 Å². The molecule has 6 heteroatoms. The maximum Gasteiger partial charge on any atom is 0.235 e. The van der Waals surface area contributed by atoms with Crippen LogP contribution in [0.4, 0.5) is 0 Å². The molecule has 0 unspecified atom stereocenters. The molecule has 0 saturated heterocycles. The highest BCUT2D eigenvalue weighted by atomic mass is 127. The van der Waals surface area contributed by atoms with Crippen molar-refractivity contribution in [3.05, 3.63) is 37.6 Å². The Kier molecular flexibility index (Phi) is 4.53. The molecule has 0 aliphatic rings. The summed E-state index contributed by atoms with van der Waals surface area (Å²) in [5, 5.41) is 19.8. The first kappa shape index (κ1) is 12.8. The van der Waals surface area contributed by atoms with Gasteiger partial charge in [-0.1, -0.05) is 0 Å². The van der Waals surface area contributed by atoms with Crippen molar-refractivity contribution < 1.29 is 14.8 Å². The van der Waals surface area contributed by atoms with Gasteiger partial charge in [-0.15, -0.1) is 0 Å². The Morgan fingerprint density at radius 2 is 2.31 bits per heavy atom. The normalized spacial score (nSPS) is 10.6. The van der Waals surface area contributed by atoms with Gasteiger partial charge in [0.2, 0.25) is 6.20 Å². The summed E-state index contributed by atoms with van der Waals surface area (Å²) < 4.78 is 5.80. The lowest BCUT2D eigenvalue weighted by molar-refractivity contribution is -0.400. The predicted molar refractivity (Wildman–Crippen MR) is 68.0 cm³/mol. The number of nitro groups is 1. The van der Waals surface area contributed by atoms with E-state index in [0.717, 1.165) is 6.20 Å². The van der Waals surface area contributed by atoms with Gasteiger partial charge in [-0.3, -0.25) is 10.1 Å². The van der Waals surface area contributed by atoms with Gasteiger partial charge in [-0.25, -0.2) is 0 Å². The minimum absolute atomic E-state index is 0.0562. The number of rotatable bonds is 4. The Bertz CT molecular complexity index is 431. The maximum atomic E-state index is 10.2. The van der Waals surface area contributed by atoms with Gasteiger partial charge in [0, 0.05) is 6.08 Å². The second kappa shape index (κ2) is 5.69. The fraction of sp³-hybridized carbons (Fsp3) is 0.200. The fourth-order valence-corrected chi connectivity index (χ4v) is 1.73. The van der Waals surface area contributed by atoms with Crippen LogP contribution >= 0.6 is 22.6 Å². The highest BCUT2D eigenvalue weighted by Gasteiger charge is 2.08. The summed E-state index contributed by atoms with van der Waals surface area (Å²) in [6, 6.07) is 3.19. The van der Waals surface area contributed by atoms with Crippen LogP contribution < -0.4 is 4.74 Å². The zero-order valence-corrected chi connectivity index (χ0v) is 10.7. The highest BCUT2D eigenvalue weighted by Crippen LogP contribution is 2.33. The Hall–Kier alpha value is -1.31. The van der Waals surface area contributed by atoms with Gasteiger partial charge in [-0.05, 0) is 47.2 Å². The molecule has 0 radical (unpaired) electrons. The van der Waals surface area contributed by atoms with E-state index in [0.29, 0.717) is 21.5 Å². The van der Waals surface area contributed by atoms with E-state index >= 15 is 0 Å². The molecule has 0 atom stereocenters. The Labute approximate surface area is 106 Å². The van der Waals surface area contributed by atoms with Crippen LogP contribution in [0, 0.1) is 13.7 Å². The van der Waals surface area contributed by atoms with Crippen molar-refractivity contribution in [1.82, 2.24) is 0 Å². The van der Waals surface area contributed by atoms with Crippen molar-refractivity contribution in [2.75, 3.05) is 6.61 Å². The third-order valence-corrected chi connectivity index (χ3v) is 2.56. The number of nitrogens with zero attached hydrogens (tertiary/aromatic N) is 1. The van der Waals surface area contributed by atoms with Crippen LogP contribution in [0.5, 0.6) is 11.5 Å². The van der Waals surface area contributed by atoms with Crippen molar-refractivity contribution in [2.45, 2.75) is 6.92 Å². The van der Waals surface area contributed by atoms with Crippen molar-refractivity contribution in [2.24, 2.45) is 0 Å². The van der Waals surface area contributed by atoms with Crippen molar-refractivity contribution in [3.8, 4) is 11.5 Å².